The van der Waals surface area contributed by atoms with Crippen molar-refractivity contribution in [2.75, 3.05) is 6.54 Å². The van der Waals surface area contributed by atoms with Crippen LogP contribution in [0.4, 0.5) is 0 Å². The van der Waals surface area contributed by atoms with E-state index in [0.717, 1.165) is 19.5 Å². The fourth-order valence-corrected chi connectivity index (χ4v) is 2.52. The summed E-state index contributed by atoms with van der Waals surface area (Å²) in [5.74, 6) is 1.25. The summed E-state index contributed by atoms with van der Waals surface area (Å²) in [7, 11) is 0. The van der Waals surface area contributed by atoms with Crippen molar-refractivity contribution in [2.45, 2.75) is 65.5 Å². The summed E-state index contributed by atoms with van der Waals surface area (Å²) in [6, 6.07) is 0.554. The third-order valence-electron chi connectivity index (χ3n) is 3.63. The van der Waals surface area contributed by atoms with E-state index < -0.39 is 0 Å². The molecule has 96 valence electrons. The average Bonchev–Trinajstić information content (AvgIpc) is 2.67. The Labute approximate surface area is 105 Å². The van der Waals surface area contributed by atoms with Gasteiger partial charge in [0.2, 0.25) is 0 Å². The van der Waals surface area contributed by atoms with Gasteiger partial charge in [-0.3, -0.25) is 0 Å². The van der Waals surface area contributed by atoms with Crippen LogP contribution in [0.2, 0.25) is 0 Å². The molecule has 0 amide bonds. The van der Waals surface area contributed by atoms with Crippen molar-refractivity contribution in [3.8, 4) is 0 Å². The molecular formula is C14H25N3. The molecule has 3 heteroatoms. The highest BCUT2D eigenvalue weighted by Crippen LogP contribution is 2.30. The Kier molecular flexibility index (Phi) is 3.30. The van der Waals surface area contributed by atoms with Gasteiger partial charge in [0.05, 0.1) is 5.69 Å². The van der Waals surface area contributed by atoms with Crippen molar-refractivity contribution in [1.82, 2.24) is 14.9 Å². The second-order valence-corrected chi connectivity index (χ2v) is 6.13. The van der Waals surface area contributed by atoms with Gasteiger partial charge in [-0.05, 0) is 13.3 Å². The summed E-state index contributed by atoms with van der Waals surface area (Å²) in [6.45, 7) is 13.3. The van der Waals surface area contributed by atoms with Gasteiger partial charge < -0.3 is 9.88 Å². The van der Waals surface area contributed by atoms with Crippen molar-refractivity contribution in [1.29, 1.82) is 0 Å². The summed E-state index contributed by atoms with van der Waals surface area (Å²) in [6.07, 6.45) is 2.28. The minimum absolute atomic E-state index is 0.126. The monoisotopic (exact) mass is 235 g/mol. The molecule has 1 aliphatic rings. The second kappa shape index (κ2) is 4.45. The van der Waals surface area contributed by atoms with Crippen LogP contribution in [-0.4, -0.2) is 16.1 Å². The summed E-state index contributed by atoms with van der Waals surface area (Å²) in [4.78, 5) is 4.89. The van der Waals surface area contributed by atoms with Crippen LogP contribution in [0.25, 0.3) is 0 Å². The SMILES string of the molecule is CCC(C)n1c(C(C)(C)C)nc2c1CCNC2. The van der Waals surface area contributed by atoms with Crippen LogP contribution >= 0.6 is 0 Å². The maximum Gasteiger partial charge on any atom is 0.114 e. The Morgan fingerprint density at radius 2 is 2.12 bits per heavy atom. The smallest absolute Gasteiger partial charge is 0.114 e. The zero-order chi connectivity index (χ0) is 12.6. The molecule has 17 heavy (non-hydrogen) atoms. The molecular weight excluding hydrogens is 210 g/mol. The topological polar surface area (TPSA) is 29.9 Å². The fraction of sp³-hybridized carbons (Fsp3) is 0.786. The largest absolute Gasteiger partial charge is 0.328 e. The van der Waals surface area contributed by atoms with E-state index in [9.17, 15) is 0 Å². The van der Waals surface area contributed by atoms with Gasteiger partial charge in [-0.25, -0.2) is 4.98 Å². The first-order chi connectivity index (χ1) is 7.95. The Balaban J connectivity index is 2.55. The van der Waals surface area contributed by atoms with Crippen LogP contribution in [0.5, 0.6) is 0 Å². The fourth-order valence-electron chi connectivity index (χ4n) is 2.52. The van der Waals surface area contributed by atoms with Gasteiger partial charge in [-0.15, -0.1) is 0 Å². The van der Waals surface area contributed by atoms with Gasteiger partial charge in [-0.2, -0.15) is 0 Å². The molecule has 0 spiro atoms. The lowest BCUT2D eigenvalue weighted by Gasteiger charge is -2.25. The summed E-state index contributed by atoms with van der Waals surface area (Å²) < 4.78 is 2.50. The molecule has 0 saturated heterocycles. The molecule has 1 N–H and O–H groups in total. The first kappa shape index (κ1) is 12.6. The minimum Gasteiger partial charge on any atom is -0.328 e. The molecule has 1 atom stereocenters. The lowest BCUT2D eigenvalue weighted by atomic mass is 9.95. The third-order valence-corrected chi connectivity index (χ3v) is 3.63. The zero-order valence-electron chi connectivity index (χ0n) is 11.8. The molecule has 0 saturated carbocycles. The number of hydrogen-bond donors (Lipinski definition) is 1. The van der Waals surface area contributed by atoms with E-state index in [1.807, 2.05) is 0 Å². The number of aromatic nitrogens is 2. The number of fused-ring (bicyclic) bond motifs is 1. The van der Waals surface area contributed by atoms with E-state index in [4.69, 9.17) is 4.98 Å². The normalized spacial score (nSPS) is 17.9. The number of imidazole rings is 1. The van der Waals surface area contributed by atoms with Crippen LogP contribution in [0.15, 0.2) is 0 Å². The summed E-state index contributed by atoms with van der Waals surface area (Å²) in [5.41, 5.74) is 2.85. The molecule has 1 aromatic heterocycles. The van der Waals surface area contributed by atoms with E-state index in [0.29, 0.717) is 6.04 Å². The zero-order valence-corrected chi connectivity index (χ0v) is 11.8. The van der Waals surface area contributed by atoms with Gasteiger partial charge in [-0.1, -0.05) is 27.7 Å². The number of nitrogens with zero attached hydrogens (tertiary/aromatic N) is 2. The molecule has 0 radical (unpaired) electrons. The average molecular weight is 235 g/mol. The van der Waals surface area contributed by atoms with E-state index in [2.05, 4.69) is 44.5 Å². The first-order valence-corrected chi connectivity index (χ1v) is 6.76. The third kappa shape index (κ3) is 2.25. The maximum absolute atomic E-state index is 4.89. The standard InChI is InChI=1S/C14H25N3/c1-6-10(2)17-12-7-8-15-9-11(12)16-13(17)14(3,4)5/h10,15H,6-9H2,1-5H3. The highest BCUT2D eigenvalue weighted by atomic mass is 15.1. The Hall–Kier alpha value is -0.830. The quantitative estimate of drug-likeness (QED) is 0.854. The number of hydrogen-bond acceptors (Lipinski definition) is 2. The van der Waals surface area contributed by atoms with E-state index in [1.54, 1.807) is 0 Å². The lowest BCUT2D eigenvalue weighted by Crippen LogP contribution is -2.26. The molecule has 1 aromatic rings. The van der Waals surface area contributed by atoms with Crippen LogP contribution in [-0.2, 0) is 18.4 Å². The van der Waals surface area contributed by atoms with Crippen LogP contribution in [0.3, 0.4) is 0 Å². The highest BCUT2D eigenvalue weighted by Gasteiger charge is 2.28. The van der Waals surface area contributed by atoms with Crippen molar-refractivity contribution >= 4 is 0 Å². The Bertz CT molecular complexity index is 398. The van der Waals surface area contributed by atoms with Crippen LogP contribution in [0.1, 0.15) is 64.3 Å². The van der Waals surface area contributed by atoms with E-state index in [1.165, 1.54) is 23.6 Å². The van der Waals surface area contributed by atoms with Crippen LogP contribution < -0.4 is 5.32 Å². The molecule has 2 heterocycles. The molecule has 2 rings (SSSR count). The Morgan fingerprint density at radius 3 is 2.71 bits per heavy atom. The number of rotatable bonds is 2. The maximum atomic E-state index is 4.89. The van der Waals surface area contributed by atoms with Gasteiger partial charge in [0.15, 0.2) is 0 Å². The molecule has 0 aliphatic carbocycles. The predicted octanol–water partition coefficient (Wildman–Crippen LogP) is 2.80. The molecule has 1 aliphatic heterocycles. The molecule has 0 aromatic carbocycles. The first-order valence-electron chi connectivity index (χ1n) is 6.76. The number of nitrogens with one attached hydrogen (secondary N) is 1. The highest BCUT2D eigenvalue weighted by molar-refractivity contribution is 5.24. The summed E-state index contributed by atoms with van der Waals surface area (Å²) in [5, 5.41) is 3.41. The Morgan fingerprint density at radius 1 is 1.41 bits per heavy atom. The van der Waals surface area contributed by atoms with Crippen molar-refractivity contribution in [3.63, 3.8) is 0 Å². The molecule has 1 unspecified atom stereocenters. The van der Waals surface area contributed by atoms with Gasteiger partial charge in [0, 0.05) is 36.7 Å². The molecule has 0 fully saturated rings. The van der Waals surface area contributed by atoms with Crippen molar-refractivity contribution in [2.24, 2.45) is 0 Å². The van der Waals surface area contributed by atoms with Gasteiger partial charge in [0.25, 0.3) is 0 Å². The summed E-state index contributed by atoms with van der Waals surface area (Å²) >= 11 is 0. The molecule has 3 nitrogen and oxygen atoms in total. The minimum atomic E-state index is 0.126. The predicted molar refractivity (Wildman–Crippen MR) is 71.3 cm³/mol. The van der Waals surface area contributed by atoms with Gasteiger partial charge in [0.1, 0.15) is 5.82 Å². The van der Waals surface area contributed by atoms with E-state index >= 15 is 0 Å². The second-order valence-electron chi connectivity index (χ2n) is 6.13. The van der Waals surface area contributed by atoms with E-state index in [-0.39, 0.29) is 5.41 Å². The molecule has 0 bridgehead atoms. The van der Waals surface area contributed by atoms with Crippen LogP contribution in [0, 0.1) is 0 Å². The van der Waals surface area contributed by atoms with Gasteiger partial charge >= 0.3 is 0 Å². The van der Waals surface area contributed by atoms with Crippen molar-refractivity contribution < 1.29 is 0 Å². The lowest BCUT2D eigenvalue weighted by molar-refractivity contribution is 0.431. The van der Waals surface area contributed by atoms with Crippen molar-refractivity contribution in [3.05, 3.63) is 17.2 Å².